The molecule has 0 aliphatic heterocycles. The molecule has 6 nitrogen and oxygen atoms in total. The lowest BCUT2D eigenvalue weighted by atomic mass is 10.00. The number of aliphatic hydroxyl groups excluding tert-OH is 4. The number of allylic oxidation sites excluding steroid dienone is 6. The predicted molar refractivity (Wildman–Crippen MR) is 242 cm³/mol. The minimum absolute atomic E-state index is 0.361. The lowest BCUT2D eigenvalue weighted by Gasteiger charge is -2.27. The minimum Gasteiger partial charge on any atom is -0.394 e. The quantitative estimate of drug-likeness (QED) is 0.0312. The highest BCUT2D eigenvalue weighted by Gasteiger charge is 2.28. The van der Waals surface area contributed by atoms with E-state index in [4.69, 9.17) is 0 Å². The highest BCUT2D eigenvalue weighted by atomic mass is 16.3. The van der Waals surface area contributed by atoms with Crippen molar-refractivity contribution in [3.63, 3.8) is 0 Å². The zero-order chi connectivity index (χ0) is 41.0. The fourth-order valence-electron chi connectivity index (χ4n) is 7.44. The van der Waals surface area contributed by atoms with Gasteiger partial charge < -0.3 is 25.7 Å². The smallest absolute Gasteiger partial charge is 0.249 e. The molecule has 0 fully saturated rings. The molecule has 0 bridgehead atoms. The van der Waals surface area contributed by atoms with Crippen LogP contribution in [0.15, 0.2) is 36.5 Å². The summed E-state index contributed by atoms with van der Waals surface area (Å²) < 4.78 is 0. The molecule has 4 unspecified atom stereocenters. The first-order chi connectivity index (χ1) is 27.5. The number of rotatable bonds is 44. The summed E-state index contributed by atoms with van der Waals surface area (Å²) in [5.41, 5.74) is 0. The number of carbonyl (C=O) groups excluding carboxylic acids is 1. The SMILES string of the molecule is CCCCCCCCCCCCC/C=C/CC/C=C/CC/C=C/CCCC(O)C(O)C(CO)NC(=O)C(O)CCCCCCCCCCCCCCCCCC. The molecule has 0 aliphatic rings. The van der Waals surface area contributed by atoms with Crippen LogP contribution in [0.3, 0.4) is 0 Å². The molecule has 0 saturated carbocycles. The number of hydrogen-bond acceptors (Lipinski definition) is 5. The van der Waals surface area contributed by atoms with E-state index in [1.54, 1.807) is 0 Å². The number of aliphatic hydroxyl groups is 4. The van der Waals surface area contributed by atoms with Crippen LogP contribution in [0.1, 0.15) is 245 Å². The van der Waals surface area contributed by atoms with Gasteiger partial charge in [-0.3, -0.25) is 4.79 Å². The first kappa shape index (κ1) is 54.5. The van der Waals surface area contributed by atoms with E-state index < -0.39 is 36.9 Å². The molecule has 4 atom stereocenters. The maximum atomic E-state index is 12.5. The van der Waals surface area contributed by atoms with Gasteiger partial charge in [0.25, 0.3) is 0 Å². The second-order valence-electron chi connectivity index (χ2n) is 16.8. The number of unbranched alkanes of at least 4 members (excludes halogenated alkanes) is 29. The van der Waals surface area contributed by atoms with Crippen molar-refractivity contribution in [2.45, 2.75) is 269 Å². The summed E-state index contributed by atoms with van der Waals surface area (Å²) in [6.45, 7) is 4.05. The van der Waals surface area contributed by atoms with Crippen LogP contribution >= 0.6 is 0 Å². The van der Waals surface area contributed by atoms with Crippen LogP contribution in [0.5, 0.6) is 0 Å². The highest BCUT2D eigenvalue weighted by molar-refractivity contribution is 5.80. The molecule has 0 aliphatic carbocycles. The third kappa shape index (κ3) is 38.1. The van der Waals surface area contributed by atoms with Gasteiger partial charge in [0.15, 0.2) is 0 Å². The average molecular weight is 790 g/mol. The summed E-state index contributed by atoms with van der Waals surface area (Å²) in [6.07, 6.45) is 53.3. The highest BCUT2D eigenvalue weighted by Crippen LogP contribution is 2.16. The summed E-state index contributed by atoms with van der Waals surface area (Å²) in [7, 11) is 0. The molecule has 56 heavy (non-hydrogen) atoms. The molecular weight excluding hydrogens is 695 g/mol. The lowest BCUT2D eigenvalue weighted by Crippen LogP contribution is -2.53. The van der Waals surface area contributed by atoms with Gasteiger partial charge in [-0.05, 0) is 64.2 Å². The molecular formula is C50H95NO5. The van der Waals surface area contributed by atoms with Crippen molar-refractivity contribution in [3.05, 3.63) is 36.5 Å². The van der Waals surface area contributed by atoms with Crippen LogP contribution in [0.25, 0.3) is 0 Å². The Balaban J connectivity index is 3.77. The molecule has 5 N–H and O–H groups in total. The molecule has 0 radical (unpaired) electrons. The second-order valence-corrected chi connectivity index (χ2v) is 16.8. The molecule has 0 saturated heterocycles. The van der Waals surface area contributed by atoms with Gasteiger partial charge in [-0.2, -0.15) is 0 Å². The van der Waals surface area contributed by atoms with E-state index in [9.17, 15) is 25.2 Å². The van der Waals surface area contributed by atoms with E-state index in [2.05, 4.69) is 55.6 Å². The minimum atomic E-state index is -1.29. The third-order valence-corrected chi connectivity index (χ3v) is 11.3. The lowest BCUT2D eigenvalue weighted by molar-refractivity contribution is -0.132. The Morgan fingerprint density at radius 1 is 0.429 bits per heavy atom. The Labute approximate surface area is 347 Å². The molecule has 0 heterocycles. The number of carbonyl (C=O) groups is 1. The normalized spacial score (nSPS) is 14.3. The van der Waals surface area contributed by atoms with Crippen LogP contribution in [0, 0.1) is 0 Å². The summed E-state index contributed by atoms with van der Waals surface area (Å²) >= 11 is 0. The molecule has 0 aromatic rings. The Bertz CT molecular complexity index is 889. The zero-order valence-corrected chi connectivity index (χ0v) is 37.1. The van der Waals surface area contributed by atoms with E-state index in [0.717, 1.165) is 51.4 Å². The van der Waals surface area contributed by atoms with Crippen molar-refractivity contribution >= 4 is 5.91 Å². The fourth-order valence-corrected chi connectivity index (χ4v) is 7.44. The third-order valence-electron chi connectivity index (χ3n) is 11.3. The van der Waals surface area contributed by atoms with Crippen LogP contribution in [-0.2, 0) is 4.79 Å². The number of nitrogens with one attached hydrogen (secondary N) is 1. The van der Waals surface area contributed by atoms with Gasteiger partial charge in [0.2, 0.25) is 5.91 Å². The van der Waals surface area contributed by atoms with Crippen molar-refractivity contribution in [2.75, 3.05) is 6.61 Å². The molecule has 1 amide bonds. The van der Waals surface area contributed by atoms with Crippen LogP contribution in [-0.4, -0.2) is 57.3 Å². The van der Waals surface area contributed by atoms with Gasteiger partial charge in [-0.15, -0.1) is 0 Å². The van der Waals surface area contributed by atoms with Crippen molar-refractivity contribution < 1.29 is 25.2 Å². The Kier molecular flexibility index (Phi) is 43.5. The molecule has 0 aromatic carbocycles. The molecule has 330 valence electrons. The summed E-state index contributed by atoms with van der Waals surface area (Å²) in [4.78, 5) is 12.5. The van der Waals surface area contributed by atoms with Gasteiger partial charge in [0, 0.05) is 0 Å². The predicted octanol–water partition coefficient (Wildman–Crippen LogP) is 13.3. The Morgan fingerprint density at radius 2 is 0.750 bits per heavy atom. The number of amides is 1. The summed E-state index contributed by atoms with van der Waals surface area (Å²) in [5, 5.41) is 43.7. The van der Waals surface area contributed by atoms with Crippen molar-refractivity contribution in [1.82, 2.24) is 5.32 Å². The molecule has 0 rings (SSSR count). The molecule has 0 spiro atoms. The topological polar surface area (TPSA) is 110 Å². The van der Waals surface area contributed by atoms with Crippen LogP contribution in [0.4, 0.5) is 0 Å². The standard InChI is InChI=1S/C50H95NO5/c1-3-5-7-9-11-13-15-17-19-21-22-23-24-25-26-27-28-30-31-33-35-37-39-41-43-47(53)49(55)46(45-52)51-50(56)48(54)44-42-40-38-36-34-32-29-20-18-16-14-12-10-8-6-4-2/h24-25,28,30,35,37,46-49,52-55H,3-23,26-27,29,31-34,36,38-45H2,1-2H3,(H,51,56)/b25-24+,30-28+,37-35+. The van der Waals surface area contributed by atoms with Gasteiger partial charge in [-0.25, -0.2) is 0 Å². The van der Waals surface area contributed by atoms with Crippen molar-refractivity contribution in [1.29, 1.82) is 0 Å². The van der Waals surface area contributed by atoms with Gasteiger partial charge in [0.05, 0.1) is 18.8 Å². The first-order valence-electron chi connectivity index (χ1n) is 24.4. The van der Waals surface area contributed by atoms with E-state index in [-0.39, 0.29) is 0 Å². The fraction of sp³-hybridized carbons (Fsp3) is 0.860. The second kappa shape index (κ2) is 44.6. The number of hydrogen-bond donors (Lipinski definition) is 5. The van der Waals surface area contributed by atoms with E-state index in [1.807, 2.05) is 0 Å². The first-order valence-corrected chi connectivity index (χ1v) is 24.4. The van der Waals surface area contributed by atoms with Crippen LogP contribution < -0.4 is 5.32 Å². The largest absolute Gasteiger partial charge is 0.394 e. The van der Waals surface area contributed by atoms with Gasteiger partial charge in [0.1, 0.15) is 12.2 Å². The van der Waals surface area contributed by atoms with Crippen LogP contribution in [0.2, 0.25) is 0 Å². The Hall–Kier alpha value is -1.47. The van der Waals surface area contributed by atoms with E-state index >= 15 is 0 Å². The zero-order valence-electron chi connectivity index (χ0n) is 37.1. The summed E-state index contributed by atoms with van der Waals surface area (Å²) in [6, 6.07) is -1.01. The monoisotopic (exact) mass is 790 g/mol. The Morgan fingerprint density at radius 3 is 1.12 bits per heavy atom. The molecule has 6 heteroatoms. The van der Waals surface area contributed by atoms with Gasteiger partial charge in [-0.1, -0.05) is 217 Å². The van der Waals surface area contributed by atoms with E-state index in [1.165, 1.54) is 161 Å². The maximum Gasteiger partial charge on any atom is 0.249 e. The average Bonchev–Trinajstić information content (AvgIpc) is 3.20. The van der Waals surface area contributed by atoms with Crippen molar-refractivity contribution in [2.24, 2.45) is 0 Å². The maximum absolute atomic E-state index is 12.5. The van der Waals surface area contributed by atoms with E-state index in [0.29, 0.717) is 19.3 Å². The van der Waals surface area contributed by atoms with Gasteiger partial charge >= 0.3 is 0 Å². The summed E-state index contributed by atoms with van der Waals surface area (Å²) in [5.74, 6) is -0.598. The molecule has 0 aromatic heterocycles. The van der Waals surface area contributed by atoms with Crippen molar-refractivity contribution in [3.8, 4) is 0 Å².